The van der Waals surface area contributed by atoms with E-state index >= 15 is 0 Å². The van der Waals surface area contributed by atoms with Crippen molar-refractivity contribution in [2.45, 2.75) is 0 Å². The summed E-state index contributed by atoms with van der Waals surface area (Å²) in [4.78, 5) is 0. The molecule has 9 heteroatoms. The van der Waals surface area contributed by atoms with Gasteiger partial charge in [-0.2, -0.15) is 10.2 Å². The van der Waals surface area contributed by atoms with Gasteiger partial charge < -0.3 is 5.73 Å². The minimum absolute atomic E-state index is 0.201. The molecule has 0 saturated heterocycles. The lowest BCUT2D eigenvalue weighted by atomic mass is 10.2. The summed E-state index contributed by atoms with van der Waals surface area (Å²) in [7, 11) is 0. The Labute approximate surface area is 134 Å². The molecule has 0 unspecified atom stereocenters. The highest BCUT2D eigenvalue weighted by Crippen LogP contribution is 2.07. The molecule has 0 aromatic heterocycles. The van der Waals surface area contributed by atoms with E-state index in [-0.39, 0.29) is 11.5 Å². The summed E-state index contributed by atoms with van der Waals surface area (Å²) in [6.45, 7) is 0. The highest BCUT2D eigenvalue weighted by Gasteiger charge is 2.01. The molecule has 0 spiro atoms. The highest BCUT2D eigenvalue weighted by molar-refractivity contribution is 5.84. The van der Waals surface area contributed by atoms with E-state index in [0.29, 0.717) is 5.56 Å². The third-order valence-corrected chi connectivity index (χ3v) is 2.65. The van der Waals surface area contributed by atoms with Crippen LogP contribution in [0.5, 0.6) is 0 Å². The maximum Gasteiger partial charge on any atom is 0.234 e. The van der Waals surface area contributed by atoms with Crippen LogP contribution in [0.3, 0.4) is 0 Å². The van der Waals surface area contributed by atoms with Gasteiger partial charge in [0.2, 0.25) is 5.96 Å². The van der Waals surface area contributed by atoms with E-state index in [1.54, 1.807) is 0 Å². The molecule has 0 atom stereocenters. The van der Waals surface area contributed by atoms with Crippen LogP contribution in [0.4, 0.5) is 17.6 Å². The fourth-order valence-corrected chi connectivity index (χ4v) is 1.54. The molecule has 0 bridgehead atoms. The molecule has 0 saturated carbocycles. The van der Waals surface area contributed by atoms with Crippen molar-refractivity contribution in [3.05, 3.63) is 70.8 Å². The Kier molecular flexibility index (Phi) is 5.61. The lowest BCUT2D eigenvalue weighted by Crippen LogP contribution is -2.26. The molecular weight excluding hydrogens is 326 g/mol. The van der Waals surface area contributed by atoms with Crippen molar-refractivity contribution in [3.8, 4) is 0 Å². The van der Waals surface area contributed by atoms with Gasteiger partial charge in [0.25, 0.3) is 0 Å². The number of guanidine groups is 1. The number of hydrogen-bond acceptors (Lipinski definition) is 3. The van der Waals surface area contributed by atoms with E-state index < -0.39 is 23.3 Å². The molecule has 0 heterocycles. The lowest BCUT2D eigenvalue weighted by molar-refractivity contribution is 0.508. The molecule has 2 aromatic rings. The van der Waals surface area contributed by atoms with Gasteiger partial charge in [-0.25, -0.2) is 23.0 Å². The number of nitrogens with zero attached hydrogens (tertiary/aromatic N) is 3. The largest absolute Gasteiger partial charge is 0.367 e. The van der Waals surface area contributed by atoms with Crippen LogP contribution in [-0.2, 0) is 0 Å². The van der Waals surface area contributed by atoms with Gasteiger partial charge in [-0.1, -0.05) is 12.1 Å². The van der Waals surface area contributed by atoms with E-state index in [1.165, 1.54) is 18.3 Å². The summed E-state index contributed by atoms with van der Waals surface area (Å²) in [5.74, 6) is -4.15. The van der Waals surface area contributed by atoms with Crippen molar-refractivity contribution in [2.75, 3.05) is 0 Å². The average molecular weight is 337 g/mol. The number of rotatable bonds is 4. The van der Waals surface area contributed by atoms with Crippen molar-refractivity contribution in [3.63, 3.8) is 0 Å². The number of halogens is 4. The molecular formula is C15H11F4N5. The standard InChI is InChI=1S/C15H11F4N5/c16-11-3-1-9(5-13(11)18)7-21-23-15(20)24-22-8-10-2-4-12(17)14(19)6-10/h1-8H,(H3,20,23,24)/b21-7+,22-8+. The zero-order valence-electron chi connectivity index (χ0n) is 12.0. The molecule has 0 amide bonds. The fourth-order valence-electron chi connectivity index (χ4n) is 1.54. The van der Waals surface area contributed by atoms with Gasteiger partial charge in [-0.05, 0) is 35.4 Å². The van der Waals surface area contributed by atoms with Crippen LogP contribution in [0.15, 0.2) is 51.7 Å². The molecule has 0 aliphatic heterocycles. The van der Waals surface area contributed by atoms with Crippen molar-refractivity contribution in [1.82, 2.24) is 5.43 Å². The van der Waals surface area contributed by atoms with Gasteiger partial charge in [0.15, 0.2) is 23.3 Å². The molecule has 5 nitrogen and oxygen atoms in total. The first kappa shape index (κ1) is 17.1. The predicted octanol–water partition coefficient (Wildman–Crippen LogP) is 2.52. The molecule has 3 N–H and O–H groups in total. The zero-order chi connectivity index (χ0) is 17.5. The normalized spacial score (nSPS) is 12.2. The third-order valence-electron chi connectivity index (χ3n) is 2.65. The molecule has 0 aliphatic carbocycles. The maximum absolute atomic E-state index is 13.0. The van der Waals surface area contributed by atoms with Gasteiger partial charge in [0, 0.05) is 0 Å². The maximum atomic E-state index is 13.0. The number of benzene rings is 2. The zero-order valence-corrected chi connectivity index (χ0v) is 12.0. The third kappa shape index (κ3) is 4.90. The molecule has 124 valence electrons. The molecule has 2 rings (SSSR count). The number of nitrogens with one attached hydrogen (secondary N) is 1. The van der Waals surface area contributed by atoms with Crippen molar-refractivity contribution in [1.29, 1.82) is 0 Å². The minimum Gasteiger partial charge on any atom is -0.367 e. The van der Waals surface area contributed by atoms with E-state index in [0.717, 1.165) is 30.5 Å². The van der Waals surface area contributed by atoms with Crippen LogP contribution in [0.1, 0.15) is 11.1 Å². The van der Waals surface area contributed by atoms with E-state index in [1.807, 2.05) is 0 Å². The van der Waals surface area contributed by atoms with Crippen LogP contribution in [0, 0.1) is 23.3 Å². The van der Waals surface area contributed by atoms with Crippen LogP contribution in [0.25, 0.3) is 0 Å². The molecule has 24 heavy (non-hydrogen) atoms. The van der Waals surface area contributed by atoms with E-state index in [4.69, 9.17) is 5.73 Å². The average Bonchev–Trinajstić information content (AvgIpc) is 2.54. The Balaban J connectivity index is 1.93. The van der Waals surface area contributed by atoms with Crippen LogP contribution in [-0.4, -0.2) is 18.4 Å². The first-order valence-corrected chi connectivity index (χ1v) is 6.51. The molecule has 2 aromatic carbocycles. The van der Waals surface area contributed by atoms with Gasteiger partial charge >= 0.3 is 0 Å². The second-order valence-electron chi connectivity index (χ2n) is 4.45. The summed E-state index contributed by atoms with van der Waals surface area (Å²) in [5.41, 5.74) is 8.35. The summed E-state index contributed by atoms with van der Waals surface area (Å²) < 4.78 is 51.4. The Morgan fingerprint density at radius 2 is 1.38 bits per heavy atom. The first-order chi connectivity index (χ1) is 11.5. The van der Waals surface area contributed by atoms with Gasteiger partial charge in [0.1, 0.15) is 0 Å². The Morgan fingerprint density at radius 1 is 0.833 bits per heavy atom. The van der Waals surface area contributed by atoms with Crippen molar-refractivity contribution in [2.24, 2.45) is 21.0 Å². The Bertz CT molecular complexity index is 818. The molecule has 0 fully saturated rings. The summed E-state index contributed by atoms with van der Waals surface area (Å²) in [6, 6.07) is 6.43. The Hall–Kier alpha value is -3.23. The first-order valence-electron chi connectivity index (χ1n) is 6.51. The number of hydrazone groups is 1. The van der Waals surface area contributed by atoms with Crippen LogP contribution in [0.2, 0.25) is 0 Å². The van der Waals surface area contributed by atoms with Crippen molar-refractivity contribution < 1.29 is 17.6 Å². The second-order valence-corrected chi connectivity index (χ2v) is 4.45. The predicted molar refractivity (Wildman–Crippen MR) is 82.7 cm³/mol. The van der Waals surface area contributed by atoms with Gasteiger partial charge in [0.05, 0.1) is 12.4 Å². The number of hydrogen-bond donors (Lipinski definition) is 2. The smallest absolute Gasteiger partial charge is 0.234 e. The Morgan fingerprint density at radius 3 is 1.92 bits per heavy atom. The van der Waals surface area contributed by atoms with Crippen LogP contribution >= 0.6 is 0 Å². The van der Waals surface area contributed by atoms with Crippen molar-refractivity contribution >= 4 is 18.4 Å². The fraction of sp³-hybridized carbons (Fsp3) is 0. The van der Waals surface area contributed by atoms with Gasteiger partial charge in [-0.3, -0.25) is 0 Å². The SMILES string of the molecule is N/C(=N\N=C\c1ccc(F)c(F)c1)N/N=C/c1ccc(F)c(F)c1. The minimum atomic E-state index is -1.01. The quantitative estimate of drug-likeness (QED) is 0.389. The van der Waals surface area contributed by atoms with Gasteiger partial charge in [-0.15, -0.1) is 5.10 Å². The highest BCUT2D eigenvalue weighted by atomic mass is 19.2. The van der Waals surface area contributed by atoms with Crippen LogP contribution < -0.4 is 11.2 Å². The summed E-state index contributed by atoms with van der Waals surface area (Å²) >= 11 is 0. The van der Waals surface area contributed by atoms with E-state index in [9.17, 15) is 17.6 Å². The number of nitrogens with two attached hydrogens (primary N) is 1. The second kappa shape index (κ2) is 7.86. The molecule has 0 aliphatic rings. The molecule has 0 radical (unpaired) electrons. The monoisotopic (exact) mass is 337 g/mol. The topological polar surface area (TPSA) is 75.1 Å². The van der Waals surface area contributed by atoms with E-state index in [2.05, 4.69) is 20.7 Å². The summed E-state index contributed by atoms with van der Waals surface area (Å²) in [5, 5.41) is 10.7. The lowest BCUT2D eigenvalue weighted by Gasteiger charge is -1.97. The summed E-state index contributed by atoms with van der Waals surface area (Å²) in [6.07, 6.45) is 2.36.